The average molecular weight is 306 g/mol. The molecule has 6 nitrogen and oxygen atoms in total. The molecule has 1 N–H and O–H groups in total. The Morgan fingerprint density at radius 1 is 1.45 bits per heavy atom. The van der Waals surface area contributed by atoms with E-state index in [4.69, 9.17) is 9.15 Å². The van der Waals surface area contributed by atoms with Gasteiger partial charge in [0.25, 0.3) is 5.91 Å². The zero-order valence-electron chi connectivity index (χ0n) is 13.1. The fraction of sp³-hybridized carbons (Fsp3) is 0.625. The van der Waals surface area contributed by atoms with E-state index >= 15 is 0 Å². The molecule has 120 valence electrons. The second-order valence-corrected chi connectivity index (χ2v) is 6.29. The minimum Gasteiger partial charge on any atom is -0.456 e. The molecule has 1 aromatic rings. The van der Waals surface area contributed by atoms with E-state index in [0.717, 1.165) is 18.6 Å². The molecular formula is C16H22N2O4. The molecule has 0 bridgehead atoms. The third-order valence-corrected chi connectivity index (χ3v) is 5.00. The number of nitrogens with one attached hydrogen (secondary N) is 1. The molecule has 2 aliphatic rings. The van der Waals surface area contributed by atoms with Crippen molar-refractivity contribution in [3.63, 3.8) is 0 Å². The molecule has 2 fully saturated rings. The summed E-state index contributed by atoms with van der Waals surface area (Å²) >= 11 is 0. The number of ether oxygens (including phenoxy) is 1. The van der Waals surface area contributed by atoms with Crippen molar-refractivity contribution < 1.29 is 18.7 Å². The molecule has 3 heterocycles. The Morgan fingerprint density at radius 2 is 2.18 bits per heavy atom. The highest BCUT2D eigenvalue weighted by molar-refractivity contribution is 5.91. The first kappa shape index (κ1) is 15.1. The standard InChI is InChI=1S/C16H22N2O4/c1-11-3-4-13(22-11)15(20)18-7-5-16(6-8-18)10-17-14(19)12(16)9-21-2/h3-4,12H,5-10H2,1-2H3,(H,17,19). The van der Waals surface area contributed by atoms with Crippen molar-refractivity contribution in [3.8, 4) is 0 Å². The first-order valence-corrected chi connectivity index (χ1v) is 7.68. The molecule has 1 aromatic heterocycles. The summed E-state index contributed by atoms with van der Waals surface area (Å²) in [5.74, 6) is 1.03. The molecular weight excluding hydrogens is 284 g/mol. The fourth-order valence-electron chi connectivity index (χ4n) is 3.59. The van der Waals surface area contributed by atoms with Gasteiger partial charge in [0.05, 0.1) is 12.5 Å². The van der Waals surface area contributed by atoms with Crippen LogP contribution in [0.1, 0.15) is 29.2 Å². The minimum atomic E-state index is -0.111. The van der Waals surface area contributed by atoms with Gasteiger partial charge in [-0.05, 0) is 31.9 Å². The lowest BCUT2D eigenvalue weighted by molar-refractivity contribution is -0.126. The van der Waals surface area contributed by atoms with Crippen LogP contribution in [0.3, 0.4) is 0 Å². The number of amides is 2. The number of likely N-dealkylation sites (tertiary alicyclic amines) is 1. The van der Waals surface area contributed by atoms with Gasteiger partial charge in [0, 0.05) is 32.2 Å². The van der Waals surface area contributed by atoms with Crippen LogP contribution in [0.4, 0.5) is 0 Å². The fourth-order valence-corrected chi connectivity index (χ4v) is 3.59. The summed E-state index contributed by atoms with van der Waals surface area (Å²) in [5, 5.41) is 2.95. The molecule has 22 heavy (non-hydrogen) atoms. The molecule has 2 aliphatic heterocycles. The second kappa shape index (κ2) is 5.76. The zero-order chi connectivity index (χ0) is 15.7. The van der Waals surface area contributed by atoms with E-state index in [0.29, 0.717) is 32.0 Å². The molecule has 0 aliphatic carbocycles. The van der Waals surface area contributed by atoms with Gasteiger partial charge in [-0.1, -0.05) is 0 Å². The highest BCUT2D eigenvalue weighted by atomic mass is 16.5. The lowest BCUT2D eigenvalue weighted by Crippen LogP contribution is -2.47. The topological polar surface area (TPSA) is 71.8 Å². The Hall–Kier alpha value is -1.82. The van der Waals surface area contributed by atoms with Crippen molar-refractivity contribution in [1.29, 1.82) is 0 Å². The third-order valence-electron chi connectivity index (χ3n) is 5.00. The van der Waals surface area contributed by atoms with Crippen molar-refractivity contribution in [2.24, 2.45) is 11.3 Å². The van der Waals surface area contributed by atoms with Crippen molar-refractivity contribution in [2.45, 2.75) is 19.8 Å². The highest BCUT2D eigenvalue weighted by Crippen LogP contribution is 2.42. The SMILES string of the molecule is COCC1C(=O)NCC12CCN(C(=O)c1ccc(C)o1)CC2. The average Bonchev–Trinajstić information content (AvgIpc) is 3.07. The highest BCUT2D eigenvalue weighted by Gasteiger charge is 2.50. The van der Waals surface area contributed by atoms with Crippen LogP contribution >= 0.6 is 0 Å². The number of rotatable bonds is 3. The number of nitrogens with zero attached hydrogens (tertiary/aromatic N) is 1. The summed E-state index contributed by atoms with van der Waals surface area (Å²) in [4.78, 5) is 26.2. The van der Waals surface area contributed by atoms with Gasteiger partial charge < -0.3 is 19.4 Å². The van der Waals surface area contributed by atoms with Crippen molar-refractivity contribution in [3.05, 3.63) is 23.7 Å². The normalized spacial score (nSPS) is 23.8. The maximum Gasteiger partial charge on any atom is 0.289 e. The number of furan rings is 1. The first-order chi connectivity index (χ1) is 10.6. The Morgan fingerprint density at radius 3 is 2.77 bits per heavy atom. The van der Waals surface area contributed by atoms with E-state index < -0.39 is 0 Å². The molecule has 0 radical (unpaired) electrons. The van der Waals surface area contributed by atoms with Crippen molar-refractivity contribution >= 4 is 11.8 Å². The first-order valence-electron chi connectivity index (χ1n) is 7.68. The Kier molecular flexibility index (Phi) is 3.95. The molecule has 1 spiro atoms. The van der Waals surface area contributed by atoms with E-state index in [-0.39, 0.29) is 23.1 Å². The van der Waals surface area contributed by atoms with Gasteiger partial charge in [-0.25, -0.2) is 0 Å². The number of piperidine rings is 1. The predicted molar refractivity (Wildman–Crippen MR) is 79.4 cm³/mol. The van der Waals surface area contributed by atoms with Gasteiger partial charge in [-0.3, -0.25) is 9.59 Å². The van der Waals surface area contributed by atoms with E-state index in [9.17, 15) is 9.59 Å². The molecule has 0 aromatic carbocycles. The van der Waals surface area contributed by atoms with Gasteiger partial charge in [-0.2, -0.15) is 0 Å². The third kappa shape index (κ3) is 2.52. The lowest BCUT2D eigenvalue weighted by Gasteiger charge is -2.41. The van der Waals surface area contributed by atoms with Crippen molar-refractivity contribution in [2.75, 3.05) is 33.4 Å². The molecule has 0 saturated carbocycles. The summed E-state index contributed by atoms with van der Waals surface area (Å²) in [6, 6.07) is 3.52. The van der Waals surface area contributed by atoms with Crippen LogP contribution in [0.15, 0.2) is 16.5 Å². The second-order valence-electron chi connectivity index (χ2n) is 6.29. The van der Waals surface area contributed by atoms with Crippen LogP contribution in [-0.4, -0.2) is 50.1 Å². The van der Waals surface area contributed by atoms with Gasteiger partial charge in [0.1, 0.15) is 5.76 Å². The summed E-state index contributed by atoms with van der Waals surface area (Å²) < 4.78 is 10.6. The number of hydrogen-bond donors (Lipinski definition) is 1. The van der Waals surface area contributed by atoms with Crippen LogP contribution in [0.2, 0.25) is 0 Å². The van der Waals surface area contributed by atoms with E-state index in [2.05, 4.69) is 5.32 Å². The van der Waals surface area contributed by atoms with Crippen molar-refractivity contribution in [1.82, 2.24) is 10.2 Å². The zero-order valence-corrected chi connectivity index (χ0v) is 13.1. The van der Waals surface area contributed by atoms with Gasteiger partial charge >= 0.3 is 0 Å². The van der Waals surface area contributed by atoms with Gasteiger partial charge in [0.15, 0.2) is 5.76 Å². The molecule has 1 atom stereocenters. The van der Waals surface area contributed by atoms with E-state index in [1.165, 1.54) is 0 Å². The Balaban J connectivity index is 1.67. The largest absolute Gasteiger partial charge is 0.456 e. The van der Waals surface area contributed by atoms with Crippen LogP contribution in [-0.2, 0) is 9.53 Å². The molecule has 3 rings (SSSR count). The number of carbonyl (C=O) groups excluding carboxylic acids is 2. The van der Waals surface area contributed by atoms with Crippen LogP contribution < -0.4 is 5.32 Å². The molecule has 1 unspecified atom stereocenters. The van der Waals surface area contributed by atoms with Crippen LogP contribution in [0, 0.1) is 18.3 Å². The summed E-state index contributed by atoms with van der Waals surface area (Å²) in [7, 11) is 1.62. The van der Waals surface area contributed by atoms with E-state index in [1.807, 2.05) is 11.8 Å². The summed E-state index contributed by atoms with van der Waals surface area (Å²) in [5.41, 5.74) is -0.0804. The number of hydrogen-bond acceptors (Lipinski definition) is 4. The summed E-state index contributed by atoms with van der Waals surface area (Å²) in [6.45, 7) is 4.24. The van der Waals surface area contributed by atoms with E-state index in [1.54, 1.807) is 19.2 Å². The quantitative estimate of drug-likeness (QED) is 0.911. The minimum absolute atomic E-state index is 0.0662. The monoisotopic (exact) mass is 306 g/mol. The molecule has 6 heteroatoms. The predicted octanol–water partition coefficient (Wildman–Crippen LogP) is 1.20. The lowest BCUT2D eigenvalue weighted by atomic mass is 9.71. The van der Waals surface area contributed by atoms with Gasteiger partial charge in [0.2, 0.25) is 5.91 Å². The number of methoxy groups -OCH3 is 1. The Labute approximate surface area is 129 Å². The maximum atomic E-state index is 12.4. The maximum absolute atomic E-state index is 12.4. The van der Waals surface area contributed by atoms with Crippen LogP contribution in [0.25, 0.3) is 0 Å². The van der Waals surface area contributed by atoms with Gasteiger partial charge in [-0.15, -0.1) is 0 Å². The van der Waals surface area contributed by atoms with Crippen LogP contribution in [0.5, 0.6) is 0 Å². The summed E-state index contributed by atoms with van der Waals surface area (Å²) in [6.07, 6.45) is 1.62. The Bertz CT molecular complexity index is 572. The number of aryl methyl sites for hydroxylation is 1. The molecule has 2 amide bonds. The number of carbonyl (C=O) groups is 2. The molecule has 2 saturated heterocycles. The smallest absolute Gasteiger partial charge is 0.289 e.